The highest BCUT2D eigenvalue weighted by molar-refractivity contribution is 6.31. The Balaban J connectivity index is 2.30. The molecule has 1 atom stereocenters. The third kappa shape index (κ3) is 2.93. The minimum atomic E-state index is -0.406. The van der Waals surface area contributed by atoms with Gasteiger partial charge in [-0.3, -0.25) is 0 Å². The molecule has 0 spiro atoms. The zero-order valence-electron chi connectivity index (χ0n) is 11.6. The maximum absolute atomic E-state index is 11.8. The molecule has 1 N–H and O–H groups in total. The van der Waals surface area contributed by atoms with Crippen LogP contribution in [0.5, 0.6) is 0 Å². The van der Waals surface area contributed by atoms with Gasteiger partial charge in [0.05, 0.1) is 24.4 Å². The molecule has 1 aromatic heterocycles. The highest BCUT2D eigenvalue weighted by Gasteiger charge is 2.16. The number of aryl methyl sites for hydroxylation is 1. The van der Waals surface area contributed by atoms with Crippen molar-refractivity contribution < 1.29 is 9.53 Å². The monoisotopic (exact) mass is 293 g/mol. The Hall–Kier alpha value is -2.01. The van der Waals surface area contributed by atoms with Crippen molar-refractivity contribution in [3.8, 4) is 0 Å². The first kappa shape index (κ1) is 14.4. The maximum atomic E-state index is 11.8. The largest absolute Gasteiger partial charge is 0.465 e. The molecule has 0 aliphatic rings. The number of imidazole rings is 1. The molecular formula is C14H16ClN3O2. The van der Waals surface area contributed by atoms with Gasteiger partial charge in [0.15, 0.2) is 0 Å². The molecule has 1 heterocycles. The summed E-state index contributed by atoms with van der Waals surface area (Å²) in [5.41, 5.74) is 1.07. The number of methoxy groups -OCH3 is 1. The van der Waals surface area contributed by atoms with Crippen LogP contribution in [0.4, 0.5) is 5.69 Å². The molecule has 0 amide bonds. The van der Waals surface area contributed by atoms with E-state index in [-0.39, 0.29) is 6.04 Å². The quantitative estimate of drug-likeness (QED) is 0.880. The molecule has 5 nitrogen and oxygen atoms in total. The molecular weight excluding hydrogens is 278 g/mol. The van der Waals surface area contributed by atoms with Gasteiger partial charge in [0.25, 0.3) is 0 Å². The number of rotatable bonds is 4. The molecule has 2 rings (SSSR count). The first-order chi connectivity index (χ1) is 9.52. The number of halogens is 1. The molecule has 2 aromatic rings. The fourth-order valence-corrected chi connectivity index (χ4v) is 2.19. The molecule has 0 saturated heterocycles. The zero-order chi connectivity index (χ0) is 14.7. The van der Waals surface area contributed by atoms with Crippen molar-refractivity contribution in [1.29, 1.82) is 0 Å². The van der Waals surface area contributed by atoms with E-state index >= 15 is 0 Å². The predicted octanol–water partition coefficient (Wildman–Crippen LogP) is 3.03. The summed E-state index contributed by atoms with van der Waals surface area (Å²) >= 11 is 5.99. The van der Waals surface area contributed by atoms with E-state index < -0.39 is 5.97 Å². The van der Waals surface area contributed by atoms with E-state index in [4.69, 9.17) is 16.3 Å². The minimum absolute atomic E-state index is 0.0723. The van der Waals surface area contributed by atoms with E-state index in [1.807, 2.05) is 24.7 Å². The smallest absolute Gasteiger partial charge is 0.339 e. The standard InChI is InChI=1S/C14H16ClN3O2/c1-9(13-16-6-7-18(13)2)17-12-8-10(15)4-5-11(12)14(19)20-3/h4-9,17H,1-3H3. The summed E-state index contributed by atoms with van der Waals surface area (Å²) in [7, 11) is 3.27. The molecule has 0 aliphatic carbocycles. The van der Waals surface area contributed by atoms with Gasteiger partial charge in [0.1, 0.15) is 5.82 Å². The summed E-state index contributed by atoms with van der Waals surface area (Å²) in [6, 6.07) is 4.93. The van der Waals surface area contributed by atoms with Crippen molar-refractivity contribution in [3.63, 3.8) is 0 Å². The predicted molar refractivity (Wildman–Crippen MR) is 78.0 cm³/mol. The number of carbonyl (C=O) groups excluding carboxylic acids is 1. The molecule has 1 unspecified atom stereocenters. The van der Waals surface area contributed by atoms with Gasteiger partial charge in [-0.2, -0.15) is 0 Å². The van der Waals surface area contributed by atoms with Crippen molar-refractivity contribution in [1.82, 2.24) is 9.55 Å². The Morgan fingerprint density at radius 3 is 2.85 bits per heavy atom. The third-order valence-corrected chi connectivity index (χ3v) is 3.24. The Bertz CT molecular complexity index is 625. The van der Waals surface area contributed by atoms with Gasteiger partial charge in [-0.05, 0) is 25.1 Å². The SMILES string of the molecule is COC(=O)c1ccc(Cl)cc1NC(C)c1nccn1C. The molecule has 1 aromatic carbocycles. The van der Waals surface area contributed by atoms with Crippen molar-refractivity contribution in [2.75, 3.05) is 12.4 Å². The van der Waals surface area contributed by atoms with Crippen LogP contribution >= 0.6 is 11.6 Å². The average molecular weight is 294 g/mol. The summed E-state index contributed by atoms with van der Waals surface area (Å²) in [4.78, 5) is 16.0. The van der Waals surface area contributed by atoms with Crippen LogP contribution in [-0.2, 0) is 11.8 Å². The second kappa shape index (κ2) is 5.96. The number of esters is 1. The minimum Gasteiger partial charge on any atom is -0.465 e. The van der Waals surface area contributed by atoms with Crippen molar-refractivity contribution in [3.05, 3.63) is 47.0 Å². The van der Waals surface area contributed by atoms with Crippen LogP contribution in [0, 0.1) is 0 Å². The summed E-state index contributed by atoms with van der Waals surface area (Å²) in [5.74, 6) is 0.456. The van der Waals surface area contributed by atoms with E-state index in [1.54, 1.807) is 24.4 Å². The first-order valence-electron chi connectivity index (χ1n) is 6.14. The highest BCUT2D eigenvalue weighted by atomic mass is 35.5. The molecule has 0 saturated carbocycles. The molecule has 106 valence electrons. The lowest BCUT2D eigenvalue weighted by Gasteiger charge is -2.17. The Morgan fingerprint density at radius 2 is 2.25 bits per heavy atom. The topological polar surface area (TPSA) is 56.1 Å². The van der Waals surface area contributed by atoms with Crippen LogP contribution in [0.25, 0.3) is 0 Å². The first-order valence-corrected chi connectivity index (χ1v) is 6.52. The van der Waals surface area contributed by atoms with Gasteiger partial charge < -0.3 is 14.6 Å². The van der Waals surface area contributed by atoms with Crippen LogP contribution < -0.4 is 5.32 Å². The van der Waals surface area contributed by atoms with Gasteiger partial charge in [-0.25, -0.2) is 9.78 Å². The van der Waals surface area contributed by atoms with Crippen LogP contribution in [0.2, 0.25) is 5.02 Å². The molecule has 0 aliphatic heterocycles. The lowest BCUT2D eigenvalue weighted by atomic mass is 10.1. The highest BCUT2D eigenvalue weighted by Crippen LogP contribution is 2.25. The van der Waals surface area contributed by atoms with E-state index in [2.05, 4.69) is 10.3 Å². The average Bonchev–Trinajstić information content (AvgIpc) is 2.84. The second-order valence-corrected chi connectivity index (χ2v) is 4.88. The summed E-state index contributed by atoms with van der Waals surface area (Å²) in [6.45, 7) is 1.96. The summed E-state index contributed by atoms with van der Waals surface area (Å²) in [6.07, 6.45) is 3.60. The normalized spacial score (nSPS) is 12.0. The number of aromatic nitrogens is 2. The van der Waals surface area contributed by atoms with E-state index in [1.165, 1.54) is 7.11 Å². The van der Waals surface area contributed by atoms with Crippen LogP contribution in [0.15, 0.2) is 30.6 Å². The van der Waals surface area contributed by atoms with E-state index in [0.29, 0.717) is 16.3 Å². The lowest BCUT2D eigenvalue weighted by molar-refractivity contribution is 0.0602. The number of nitrogens with one attached hydrogen (secondary N) is 1. The number of carbonyl (C=O) groups is 1. The number of anilines is 1. The molecule has 0 radical (unpaired) electrons. The van der Waals surface area contributed by atoms with Crippen LogP contribution in [-0.4, -0.2) is 22.6 Å². The number of ether oxygens (including phenoxy) is 1. The third-order valence-electron chi connectivity index (χ3n) is 3.00. The number of hydrogen-bond donors (Lipinski definition) is 1. The van der Waals surface area contributed by atoms with Gasteiger partial charge in [0, 0.05) is 24.5 Å². The number of benzene rings is 1. The fourth-order valence-electron chi connectivity index (χ4n) is 2.02. The van der Waals surface area contributed by atoms with Crippen molar-refractivity contribution >= 4 is 23.3 Å². The molecule has 0 bridgehead atoms. The summed E-state index contributed by atoms with van der Waals surface area (Å²) in [5, 5.41) is 3.79. The molecule has 6 heteroatoms. The van der Waals surface area contributed by atoms with Crippen molar-refractivity contribution in [2.45, 2.75) is 13.0 Å². The van der Waals surface area contributed by atoms with Crippen molar-refractivity contribution in [2.24, 2.45) is 7.05 Å². The van der Waals surface area contributed by atoms with E-state index in [0.717, 1.165) is 5.82 Å². The second-order valence-electron chi connectivity index (χ2n) is 4.44. The van der Waals surface area contributed by atoms with Gasteiger partial charge >= 0.3 is 5.97 Å². The Kier molecular flexibility index (Phi) is 4.29. The molecule has 20 heavy (non-hydrogen) atoms. The van der Waals surface area contributed by atoms with Gasteiger partial charge in [0.2, 0.25) is 0 Å². The lowest BCUT2D eigenvalue weighted by Crippen LogP contribution is -2.14. The fraction of sp³-hybridized carbons (Fsp3) is 0.286. The van der Waals surface area contributed by atoms with Crippen LogP contribution in [0.3, 0.4) is 0 Å². The number of nitrogens with zero attached hydrogens (tertiary/aromatic N) is 2. The summed E-state index contributed by atoms with van der Waals surface area (Å²) < 4.78 is 6.69. The van der Waals surface area contributed by atoms with Crippen LogP contribution in [0.1, 0.15) is 29.1 Å². The Labute approximate surface area is 122 Å². The van der Waals surface area contributed by atoms with E-state index in [9.17, 15) is 4.79 Å². The zero-order valence-corrected chi connectivity index (χ0v) is 12.3. The van der Waals surface area contributed by atoms with Gasteiger partial charge in [-0.1, -0.05) is 11.6 Å². The number of hydrogen-bond acceptors (Lipinski definition) is 4. The Morgan fingerprint density at radius 1 is 1.50 bits per heavy atom. The van der Waals surface area contributed by atoms with Gasteiger partial charge in [-0.15, -0.1) is 0 Å². The molecule has 0 fully saturated rings. The maximum Gasteiger partial charge on any atom is 0.339 e.